The molecule has 1 unspecified atom stereocenters. The highest BCUT2D eigenvalue weighted by Crippen LogP contribution is 2.32. The van der Waals surface area contributed by atoms with Crippen LogP contribution in [-0.4, -0.2) is 24.7 Å². The normalized spacial score (nSPS) is 11.9. The zero-order valence-electron chi connectivity index (χ0n) is 16.8. The van der Waals surface area contributed by atoms with E-state index in [1.54, 1.807) is 30.5 Å². The van der Waals surface area contributed by atoms with Crippen LogP contribution in [0.25, 0.3) is 10.8 Å². The second kappa shape index (κ2) is 8.34. The Morgan fingerprint density at radius 1 is 1.10 bits per heavy atom. The van der Waals surface area contributed by atoms with Crippen LogP contribution < -0.4 is 20.3 Å². The highest BCUT2D eigenvalue weighted by atomic mass is 19.1. The molecule has 152 valence electrons. The maximum absolute atomic E-state index is 13.2. The number of nitrogens with zero attached hydrogens (tertiary/aromatic N) is 1. The van der Waals surface area contributed by atoms with Gasteiger partial charge in [-0.25, -0.2) is 4.39 Å². The summed E-state index contributed by atoms with van der Waals surface area (Å²) in [5.41, 5.74) is 0.898. The number of rotatable bonds is 6. The van der Waals surface area contributed by atoms with Gasteiger partial charge in [-0.05, 0) is 43.7 Å². The van der Waals surface area contributed by atoms with Crippen molar-refractivity contribution in [3.63, 3.8) is 0 Å². The second-order valence-electron chi connectivity index (χ2n) is 6.63. The van der Waals surface area contributed by atoms with Crippen LogP contribution in [-0.2, 0) is 6.54 Å². The number of hydrogen-bond donors (Lipinski definition) is 1. The first-order chi connectivity index (χ1) is 13.9. The molecule has 0 aliphatic carbocycles. The van der Waals surface area contributed by atoms with Gasteiger partial charge in [0, 0.05) is 18.1 Å². The van der Waals surface area contributed by atoms with Gasteiger partial charge < -0.3 is 19.4 Å². The molecule has 1 amide bonds. The van der Waals surface area contributed by atoms with Gasteiger partial charge in [-0.1, -0.05) is 12.1 Å². The molecular formula is C22H23FN2O4. The molecule has 1 N–H and O–H groups in total. The van der Waals surface area contributed by atoms with Crippen molar-refractivity contribution in [3.05, 3.63) is 69.9 Å². The number of fused-ring (bicyclic) bond motifs is 1. The Labute approximate surface area is 167 Å². The Morgan fingerprint density at radius 2 is 1.69 bits per heavy atom. The SMILES string of the molecule is CCn1cc(C(=O)NC(C)c2ccc(F)cc2)c2cc(OC)c(OC)cc2c1=O. The van der Waals surface area contributed by atoms with E-state index in [1.165, 1.54) is 30.9 Å². The third kappa shape index (κ3) is 3.94. The fourth-order valence-electron chi connectivity index (χ4n) is 3.24. The summed E-state index contributed by atoms with van der Waals surface area (Å²) >= 11 is 0. The van der Waals surface area contributed by atoms with Crippen LogP contribution >= 0.6 is 0 Å². The van der Waals surface area contributed by atoms with Crippen molar-refractivity contribution in [1.82, 2.24) is 9.88 Å². The van der Waals surface area contributed by atoms with E-state index in [1.807, 2.05) is 13.8 Å². The van der Waals surface area contributed by atoms with E-state index in [4.69, 9.17) is 9.47 Å². The molecule has 1 atom stereocenters. The van der Waals surface area contributed by atoms with Crippen LogP contribution in [0.2, 0.25) is 0 Å². The summed E-state index contributed by atoms with van der Waals surface area (Å²) < 4.78 is 25.3. The lowest BCUT2D eigenvalue weighted by molar-refractivity contribution is 0.0941. The highest BCUT2D eigenvalue weighted by Gasteiger charge is 2.19. The van der Waals surface area contributed by atoms with E-state index in [9.17, 15) is 14.0 Å². The van der Waals surface area contributed by atoms with Crippen LogP contribution in [0, 0.1) is 5.82 Å². The van der Waals surface area contributed by atoms with E-state index in [0.29, 0.717) is 34.4 Å². The molecule has 1 heterocycles. The van der Waals surface area contributed by atoms with E-state index in [-0.39, 0.29) is 23.3 Å². The number of benzene rings is 2. The van der Waals surface area contributed by atoms with Crippen LogP contribution in [0.15, 0.2) is 47.4 Å². The molecule has 1 aromatic heterocycles. The van der Waals surface area contributed by atoms with Gasteiger partial charge in [-0.15, -0.1) is 0 Å². The molecule has 3 rings (SSSR count). The topological polar surface area (TPSA) is 69.6 Å². The lowest BCUT2D eigenvalue weighted by Gasteiger charge is -2.17. The number of hydrogen-bond acceptors (Lipinski definition) is 4. The lowest BCUT2D eigenvalue weighted by atomic mass is 10.0. The minimum atomic E-state index is -0.347. The summed E-state index contributed by atoms with van der Waals surface area (Å²) in [6, 6.07) is 8.82. The molecule has 0 saturated heterocycles. The van der Waals surface area contributed by atoms with Gasteiger partial charge in [0.1, 0.15) is 5.82 Å². The minimum absolute atomic E-state index is 0.216. The predicted molar refractivity (Wildman–Crippen MR) is 109 cm³/mol. The van der Waals surface area contributed by atoms with Crippen LogP contribution in [0.5, 0.6) is 11.5 Å². The molecular weight excluding hydrogens is 375 g/mol. The van der Waals surface area contributed by atoms with Gasteiger partial charge >= 0.3 is 0 Å². The molecule has 0 saturated carbocycles. The molecule has 0 radical (unpaired) electrons. The van der Waals surface area contributed by atoms with Crippen molar-refractivity contribution < 1.29 is 18.7 Å². The van der Waals surface area contributed by atoms with Crippen molar-refractivity contribution >= 4 is 16.7 Å². The summed E-state index contributed by atoms with van der Waals surface area (Å²) in [7, 11) is 2.98. The Balaban J connectivity index is 2.09. The Kier molecular flexibility index (Phi) is 5.87. The first kappa shape index (κ1) is 20.4. The van der Waals surface area contributed by atoms with Gasteiger partial charge in [-0.2, -0.15) is 0 Å². The van der Waals surface area contributed by atoms with Crippen molar-refractivity contribution in [2.24, 2.45) is 0 Å². The number of ether oxygens (including phenoxy) is 2. The summed E-state index contributed by atoms with van der Waals surface area (Å²) in [5.74, 6) is 0.154. The third-order valence-electron chi connectivity index (χ3n) is 4.89. The number of aromatic nitrogens is 1. The maximum atomic E-state index is 13.2. The zero-order chi connectivity index (χ0) is 21.1. The van der Waals surface area contributed by atoms with E-state index >= 15 is 0 Å². The number of pyridine rings is 1. The lowest BCUT2D eigenvalue weighted by Crippen LogP contribution is -2.29. The number of nitrogens with one attached hydrogen (secondary N) is 1. The third-order valence-corrected chi connectivity index (χ3v) is 4.89. The number of aryl methyl sites for hydroxylation is 1. The van der Waals surface area contributed by atoms with E-state index < -0.39 is 0 Å². The highest BCUT2D eigenvalue weighted by molar-refractivity contribution is 6.07. The summed E-state index contributed by atoms with van der Waals surface area (Å²) in [6.07, 6.45) is 1.54. The summed E-state index contributed by atoms with van der Waals surface area (Å²) in [5, 5.41) is 3.75. The van der Waals surface area contributed by atoms with Crippen molar-refractivity contribution in [3.8, 4) is 11.5 Å². The molecule has 0 aliphatic heterocycles. The number of methoxy groups -OCH3 is 2. The van der Waals surface area contributed by atoms with Crippen LogP contribution in [0.4, 0.5) is 4.39 Å². The molecule has 0 bridgehead atoms. The molecule has 3 aromatic rings. The van der Waals surface area contributed by atoms with Gasteiger partial charge in [-0.3, -0.25) is 9.59 Å². The van der Waals surface area contributed by atoms with E-state index in [2.05, 4.69) is 5.32 Å². The first-order valence-corrected chi connectivity index (χ1v) is 9.25. The molecule has 0 aliphatic rings. The quantitative estimate of drug-likeness (QED) is 0.688. The van der Waals surface area contributed by atoms with Crippen molar-refractivity contribution in [1.29, 1.82) is 0 Å². The molecule has 2 aromatic carbocycles. The van der Waals surface area contributed by atoms with Gasteiger partial charge in [0.2, 0.25) is 0 Å². The monoisotopic (exact) mass is 398 g/mol. The predicted octanol–water partition coefficient (Wildman–Crippen LogP) is 3.67. The summed E-state index contributed by atoms with van der Waals surface area (Å²) in [4.78, 5) is 25.8. The smallest absolute Gasteiger partial charge is 0.258 e. The van der Waals surface area contributed by atoms with Gasteiger partial charge in [0.15, 0.2) is 11.5 Å². The van der Waals surface area contributed by atoms with Gasteiger partial charge in [0.25, 0.3) is 11.5 Å². The Hall–Kier alpha value is -3.35. The largest absolute Gasteiger partial charge is 0.493 e. The first-order valence-electron chi connectivity index (χ1n) is 9.25. The van der Waals surface area contributed by atoms with E-state index in [0.717, 1.165) is 5.56 Å². The Bertz CT molecular complexity index is 1110. The second-order valence-corrected chi connectivity index (χ2v) is 6.63. The number of carbonyl (C=O) groups is 1. The molecule has 6 nitrogen and oxygen atoms in total. The fraction of sp³-hybridized carbons (Fsp3) is 0.273. The molecule has 29 heavy (non-hydrogen) atoms. The zero-order valence-corrected chi connectivity index (χ0v) is 16.8. The number of carbonyl (C=O) groups excluding carboxylic acids is 1. The molecule has 0 spiro atoms. The van der Waals surface area contributed by atoms with Crippen molar-refractivity contribution in [2.75, 3.05) is 14.2 Å². The Morgan fingerprint density at radius 3 is 2.24 bits per heavy atom. The average Bonchev–Trinajstić information content (AvgIpc) is 2.73. The van der Waals surface area contributed by atoms with Crippen LogP contribution in [0.1, 0.15) is 35.8 Å². The van der Waals surface area contributed by atoms with Crippen molar-refractivity contribution in [2.45, 2.75) is 26.4 Å². The summed E-state index contributed by atoms with van der Waals surface area (Å²) in [6.45, 7) is 4.06. The number of amides is 1. The molecule has 7 heteroatoms. The maximum Gasteiger partial charge on any atom is 0.258 e. The average molecular weight is 398 g/mol. The number of halogens is 1. The van der Waals surface area contributed by atoms with Gasteiger partial charge in [0.05, 0.1) is 31.2 Å². The minimum Gasteiger partial charge on any atom is -0.493 e. The standard InChI is InChI=1S/C22H23FN2O4/c1-5-25-12-18(21(26)24-13(2)14-6-8-15(23)9-7-14)16-10-19(28-3)20(29-4)11-17(16)22(25)27/h6-13H,5H2,1-4H3,(H,24,26). The fourth-order valence-corrected chi connectivity index (χ4v) is 3.24. The molecule has 0 fully saturated rings. The van der Waals surface area contributed by atoms with Crippen LogP contribution in [0.3, 0.4) is 0 Å².